The molecular formula is C19H36N6O7S. The van der Waals surface area contributed by atoms with Crippen molar-refractivity contribution in [2.75, 3.05) is 18.8 Å². The van der Waals surface area contributed by atoms with E-state index in [1.165, 1.54) is 0 Å². The molecular weight excluding hydrogens is 456 g/mol. The van der Waals surface area contributed by atoms with Crippen LogP contribution in [0.5, 0.6) is 0 Å². The van der Waals surface area contributed by atoms with Crippen LogP contribution in [0, 0.1) is 0 Å². The maximum absolute atomic E-state index is 12.6. The van der Waals surface area contributed by atoms with Crippen molar-refractivity contribution in [3.8, 4) is 0 Å². The third-order valence-electron chi connectivity index (χ3n) is 4.69. The zero-order chi connectivity index (χ0) is 25.4. The van der Waals surface area contributed by atoms with Gasteiger partial charge in [0.2, 0.25) is 17.7 Å². The van der Waals surface area contributed by atoms with Gasteiger partial charge in [0, 0.05) is 5.75 Å². The average molecular weight is 493 g/mol. The predicted octanol–water partition coefficient (Wildman–Crippen LogP) is -2.48. The van der Waals surface area contributed by atoms with Crippen LogP contribution in [-0.2, 0) is 24.0 Å². The molecule has 13 nitrogen and oxygen atoms in total. The highest BCUT2D eigenvalue weighted by Crippen LogP contribution is 2.04. The molecule has 3 amide bonds. The van der Waals surface area contributed by atoms with Crippen LogP contribution in [0.15, 0.2) is 0 Å². The Balaban J connectivity index is 5.13. The first-order valence-electron chi connectivity index (χ1n) is 10.7. The summed E-state index contributed by atoms with van der Waals surface area (Å²) in [5, 5.41) is 25.3. The van der Waals surface area contributed by atoms with Crippen molar-refractivity contribution in [3.05, 3.63) is 0 Å². The second kappa shape index (κ2) is 17.1. The Morgan fingerprint density at radius 1 is 0.727 bits per heavy atom. The van der Waals surface area contributed by atoms with E-state index in [4.69, 9.17) is 22.3 Å². The van der Waals surface area contributed by atoms with Crippen molar-refractivity contribution in [1.29, 1.82) is 0 Å². The third-order valence-corrected chi connectivity index (χ3v) is 5.06. The molecule has 0 fully saturated rings. The van der Waals surface area contributed by atoms with Gasteiger partial charge < -0.3 is 43.4 Å². The quantitative estimate of drug-likeness (QED) is 0.0720. The van der Waals surface area contributed by atoms with Gasteiger partial charge in [-0.15, -0.1) is 0 Å². The molecule has 0 aliphatic carbocycles. The monoisotopic (exact) mass is 492 g/mol. The van der Waals surface area contributed by atoms with Crippen molar-refractivity contribution in [2.24, 2.45) is 17.2 Å². The molecule has 0 rings (SSSR count). The van der Waals surface area contributed by atoms with Crippen molar-refractivity contribution in [3.63, 3.8) is 0 Å². The molecule has 11 N–H and O–H groups in total. The zero-order valence-corrected chi connectivity index (χ0v) is 19.4. The fraction of sp³-hybridized carbons (Fsp3) is 0.737. The normalized spacial score (nSPS) is 14.4. The summed E-state index contributed by atoms with van der Waals surface area (Å²) >= 11 is 4.00. The lowest BCUT2D eigenvalue weighted by atomic mass is 10.1. The molecule has 0 aliphatic heterocycles. The lowest BCUT2D eigenvalue weighted by molar-refractivity contribution is -0.143. The number of thiol groups is 1. The molecule has 0 heterocycles. The molecule has 0 aromatic carbocycles. The number of rotatable bonds is 18. The van der Waals surface area contributed by atoms with E-state index in [1.807, 2.05) is 0 Å². The number of carboxylic acids is 2. The van der Waals surface area contributed by atoms with Crippen LogP contribution in [0.1, 0.15) is 44.9 Å². The summed E-state index contributed by atoms with van der Waals surface area (Å²) in [6.07, 6.45) is 1.99. The molecule has 0 saturated heterocycles. The summed E-state index contributed by atoms with van der Waals surface area (Å²) in [6, 6.07) is -4.91. The Morgan fingerprint density at radius 3 is 1.70 bits per heavy atom. The molecule has 0 bridgehead atoms. The predicted molar refractivity (Wildman–Crippen MR) is 123 cm³/mol. The first kappa shape index (κ1) is 30.6. The number of hydrogen-bond acceptors (Lipinski definition) is 9. The van der Waals surface area contributed by atoms with Crippen molar-refractivity contribution in [2.45, 2.75) is 69.1 Å². The Bertz CT molecular complexity index is 667. The van der Waals surface area contributed by atoms with Crippen molar-refractivity contribution < 1.29 is 34.2 Å². The standard InChI is InChI=1S/C19H36N6O7S/c20-7-3-1-5-11(22)16(28)24-13(9-15(26)27)17(29)25-14(10-33)18(30)23-12(19(31)32)6-2-4-8-21/h11-14,33H,1-10,20-22H2,(H,23,30)(H,24,28)(H,25,29)(H,26,27)(H,31,32). The topological polar surface area (TPSA) is 240 Å². The molecule has 0 spiro atoms. The van der Waals surface area contributed by atoms with Crippen LogP contribution >= 0.6 is 12.6 Å². The first-order chi connectivity index (χ1) is 15.6. The van der Waals surface area contributed by atoms with Crippen LogP contribution < -0.4 is 33.2 Å². The Labute approximate surface area is 198 Å². The smallest absolute Gasteiger partial charge is 0.326 e. The van der Waals surface area contributed by atoms with Crippen molar-refractivity contribution in [1.82, 2.24) is 16.0 Å². The van der Waals surface area contributed by atoms with Crippen molar-refractivity contribution >= 4 is 42.3 Å². The number of nitrogens with two attached hydrogens (primary N) is 3. The van der Waals surface area contributed by atoms with E-state index in [1.54, 1.807) is 0 Å². The van der Waals surface area contributed by atoms with Crippen LogP contribution in [0.4, 0.5) is 0 Å². The minimum atomic E-state index is -1.49. The van der Waals surface area contributed by atoms with Gasteiger partial charge in [0.25, 0.3) is 0 Å². The summed E-state index contributed by atoms with van der Waals surface area (Å²) < 4.78 is 0. The van der Waals surface area contributed by atoms with E-state index in [2.05, 4.69) is 28.6 Å². The van der Waals surface area contributed by atoms with Gasteiger partial charge in [0.15, 0.2) is 0 Å². The SMILES string of the molecule is NCCCCC(N)C(=O)NC(CC(=O)O)C(=O)NC(CS)C(=O)NC(CCCCN)C(=O)O. The Kier molecular flexibility index (Phi) is 15.9. The molecule has 0 aliphatic rings. The average Bonchev–Trinajstić information content (AvgIpc) is 2.75. The van der Waals surface area contributed by atoms with E-state index >= 15 is 0 Å². The summed E-state index contributed by atoms with van der Waals surface area (Å²) in [5.74, 6) is -5.26. The molecule has 0 aromatic heterocycles. The first-order valence-corrected chi connectivity index (χ1v) is 11.3. The number of aliphatic carboxylic acids is 2. The maximum Gasteiger partial charge on any atom is 0.326 e. The van der Waals surface area contributed by atoms with Crippen LogP contribution in [-0.4, -0.2) is 82.9 Å². The number of nitrogens with one attached hydrogen (secondary N) is 3. The molecule has 0 saturated carbocycles. The van der Waals surface area contributed by atoms with Crippen LogP contribution in [0.3, 0.4) is 0 Å². The second-order valence-corrected chi connectivity index (χ2v) is 7.84. The summed E-state index contributed by atoms with van der Waals surface area (Å²) in [6.45, 7) is 0.810. The van der Waals surface area contributed by atoms with Gasteiger partial charge in [-0.05, 0) is 45.2 Å². The molecule has 4 atom stereocenters. The maximum atomic E-state index is 12.6. The minimum absolute atomic E-state index is 0.144. The van der Waals surface area contributed by atoms with Gasteiger partial charge in [-0.25, -0.2) is 4.79 Å². The fourth-order valence-electron chi connectivity index (χ4n) is 2.79. The molecule has 33 heavy (non-hydrogen) atoms. The number of carbonyl (C=O) groups is 5. The summed E-state index contributed by atoms with van der Waals surface area (Å²) in [7, 11) is 0. The van der Waals surface area contributed by atoms with Crippen LogP contribution in [0.2, 0.25) is 0 Å². The molecule has 14 heteroatoms. The van der Waals surface area contributed by atoms with E-state index < -0.39 is 60.2 Å². The lowest BCUT2D eigenvalue weighted by Crippen LogP contribution is -2.58. The van der Waals surface area contributed by atoms with E-state index in [0.29, 0.717) is 45.2 Å². The number of carboxylic acid groups (broad SMARTS) is 2. The number of carbonyl (C=O) groups excluding carboxylic acids is 3. The summed E-state index contributed by atoms with van der Waals surface area (Å²) in [5.41, 5.74) is 16.6. The van der Waals surface area contributed by atoms with Gasteiger partial charge in [-0.1, -0.05) is 6.42 Å². The highest BCUT2D eigenvalue weighted by atomic mass is 32.1. The lowest BCUT2D eigenvalue weighted by Gasteiger charge is -2.24. The fourth-order valence-corrected chi connectivity index (χ4v) is 3.05. The van der Waals surface area contributed by atoms with E-state index in [-0.39, 0.29) is 12.2 Å². The van der Waals surface area contributed by atoms with Gasteiger partial charge in [-0.2, -0.15) is 12.6 Å². The van der Waals surface area contributed by atoms with E-state index in [9.17, 15) is 29.1 Å². The molecule has 0 aromatic rings. The second-order valence-electron chi connectivity index (χ2n) is 7.48. The largest absolute Gasteiger partial charge is 0.481 e. The number of hydrogen-bond donors (Lipinski definition) is 9. The van der Waals surface area contributed by atoms with E-state index in [0.717, 1.165) is 0 Å². The van der Waals surface area contributed by atoms with Gasteiger partial charge in [0.05, 0.1) is 12.5 Å². The Morgan fingerprint density at radius 2 is 1.21 bits per heavy atom. The highest BCUT2D eigenvalue weighted by molar-refractivity contribution is 7.80. The molecule has 190 valence electrons. The van der Waals surface area contributed by atoms with Gasteiger partial charge in [0.1, 0.15) is 18.1 Å². The highest BCUT2D eigenvalue weighted by Gasteiger charge is 2.30. The van der Waals surface area contributed by atoms with Gasteiger partial charge >= 0.3 is 11.9 Å². The number of unbranched alkanes of at least 4 members (excludes halogenated alkanes) is 2. The third kappa shape index (κ3) is 13.0. The minimum Gasteiger partial charge on any atom is -0.481 e. The van der Waals surface area contributed by atoms with Gasteiger partial charge in [-0.3, -0.25) is 19.2 Å². The number of amides is 3. The summed E-state index contributed by atoms with van der Waals surface area (Å²) in [4.78, 5) is 59.9. The zero-order valence-electron chi connectivity index (χ0n) is 18.5. The van der Waals surface area contributed by atoms with Crippen LogP contribution in [0.25, 0.3) is 0 Å². The molecule has 4 unspecified atom stereocenters. The Hall–Kier alpha value is -2.42. The molecule has 0 radical (unpaired) electrons.